The summed E-state index contributed by atoms with van der Waals surface area (Å²) in [5.41, 5.74) is -0.0786. The topological polar surface area (TPSA) is 41.6 Å². The molecule has 1 atom stereocenters. The van der Waals surface area contributed by atoms with Crippen LogP contribution in [0.1, 0.15) is 11.1 Å². The van der Waals surface area contributed by atoms with Crippen LogP contribution in [-0.2, 0) is 22.3 Å². The molecule has 1 N–H and O–H groups in total. The van der Waals surface area contributed by atoms with Crippen LogP contribution in [0.2, 0.25) is 0 Å². The summed E-state index contributed by atoms with van der Waals surface area (Å²) in [6.45, 7) is 0.621. The molecule has 0 aromatic heterocycles. The van der Waals surface area contributed by atoms with Crippen LogP contribution in [0.3, 0.4) is 0 Å². The Morgan fingerprint density at radius 3 is 2.41 bits per heavy atom. The Labute approximate surface area is 95.6 Å². The minimum Gasteiger partial charge on any atom is -0.363 e. The largest absolute Gasteiger partial charge is 0.416 e. The van der Waals surface area contributed by atoms with Crippen molar-refractivity contribution in [1.82, 2.24) is 5.32 Å². The first-order valence-corrected chi connectivity index (χ1v) is 5.02. The molecule has 1 aliphatic heterocycles. The van der Waals surface area contributed by atoms with Gasteiger partial charge in [0, 0.05) is 6.54 Å². The lowest BCUT2D eigenvalue weighted by molar-refractivity contribution is -0.137. The van der Waals surface area contributed by atoms with Crippen molar-refractivity contribution in [3.63, 3.8) is 0 Å². The zero-order chi connectivity index (χ0) is 12.5. The molecule has 1 aromatic carbocycles. The molecule has 1 fully saturated rings. The maximum atomic E-state index is 12.3. The molecule has 1 amide bonds. The number of halogens is 3. The Bertz CT molecular complexity index is 410. The maximum absolute atomic E-state index is 12.3. The Morgan fingerprint density at radius 1 is 1.35 bits per heavy atom. The first kappa shape index (κ1) is 11.9. The number of carbonyl (C=O) groups is 1. The summed E-state index contributed by atoms with van der Waals surface area (Å²) in [4.78, 5) is 11.2. The van der Waals surface area contributed by atoms with Gasteiger partial charge in [-0.25, -0.2) is 0 Å². The van der Waals surface area contributed by atoms with Crippen LogP contribution in [0, 0.1) is 0 Å². The number of alkyl halides is 3. The van der Waals surface area contributed by atoms with Crippen molar-refractivity contribution >= 4 is 5.91 Å². The Balaban J connectivity index is 1.91. The van der Waals surface area contributed by atoms with E-state index in [-0.39, 0.29) is 18.6 Å². The van der Waals surface area contributed by atoms with Crippen molar-refractivity contribution < 1.29 is 22.7 Å². The summed E-state index contributed by atoms with van der Waals surface area (Å²) in [5, 5.41) is 2.57. The molecule has 0 spiro atoms. The molecule has 1 heterocycles. The summed E-state index contributed by atoms with van der Waals surface area (Å²) >= 11 is 0. The number of benzene rings is 1. The van der Waals surface area contributed by atoms with E-state index in [9.17, 15) is 18.0 Å². The van der Waals surface area contributed by atoms with Gasteiger partial charge in [0.2, 0.25) is 0 Å². The van der Waals surface area contributed by atoms with Crippen molar-refractivity contribution in [3.05, 3.63) is 35.4 Å². The minimum absolute atomic E-state index is 0.205. The van der Waals surface area contributed by atoms with Crippen molar-refractivity contribution in [1.29, 1.82) is 0 Å². The van der Waals surface area contributed by atoms with Crippen LogP contribution < -0.4 is 5.32 Å². The van der Waals surface area contributed by atoms with Crippen LogP contribution in [0.15, 0.2) is 24.3 Å². The second-order valence-corrected chi connectivity index (χ2v) is 3.73. The summed E-state index contributed by atoms with van der Waals surface area (Å²) in [5.74, 6) is -0.232. The Kier molecular flexibility index (Phi) is 3.06. The number of ether oxygens (including phenoxy) is 1. The SMILES string of the molecule is O=C(NCc1ccc(C(F)(F)F)cc1)C1CO1. The lowest BCUT2D eigenvalue weighted by atomic mass is 10.1. The predicted molar refractivity (Wildman–Crippen MR) is 53.0 cm³/mol. The van der Waals surface area contributed by atoms with E-state index in [1.54, 1.807) is 0 Å². The Hall–Kier alpha value is -1.56. The van der Waals surface area contributed by atoms with Crippen LogP contribution >= 0.6 is 0 Å². The molecule has 0 saturated carbocycles. The van der Waals surface area contributed by atoms with Gasteiger partial charge in [-0.2, -0.15) is 13.2 Å². The normalized spacial score (nSPS) is 18.9. The third-order valence-electron chi connectivity index (χ3n) is 2.37. The van der Waals surface area contributed by atoms with Gasteiger partial charge in [0.15, 0.2) is 6.10 Å². The molecule has 92 valence electrons. The van der Waals surface area contributed by atoms with Gasteiger partial charge in [-0.05, 0) is 17.7 Å². The monoisotopic (exact) mass is 245 g/mol. The van der Waals surface area contributed by atoms with E-state index >= 15 is 0 Å². The molecule has 6 heteroatoms. The van der Waals surface area contributed by atoms with Gasteiger partial charge >= 0.3 is 6.18 Å². The maximum Gasteiger partial charge on any atom is 0.416 e. The molecular weight excluding hydrogens is 235 g/mol. The number of hydrogen-bond donors (Lipinski definition) is 1. The van der Waals surface area contributed by atoms with Gasteiger partial charge < -0.3 is 10.1 Å². The molecular formula is C11H10F3NO2. The van der Waals surface area contributed by atoms with Crippen molar-refractivity contribution in [3.8, 4) is 0 Å². The highest BCUT2D eigenvalue weighted by atomic mass is 19.4. The molecule has 0 aliphatic carbocycles. The number of rotatable bonds is 3. The lowest BCUT2D eigenvalue weighted by Gasteiger charge is -2.08. The van der Waals surface area contributed by atoms with E-state index in [0.717, 1.165) is 12.1 Å². The molecule has 2 rings (SSSR count). The first-order chi connectivity index (χ1) is 7.97. The summed E-state index contributed by atoms with van der Waals surface area (Å²) in [6, 6.07) is 4.68. The lowest BCUT2D eigenvalue weighted by Crippen LogP contribution is -2.27. The van der Waals surface area contributed by atoms with E-state index in [4.69, 9.17) is 4.74 Å². The van der Waals surface area contributed by atoms with E-state index in [0.29, 0.717) is 12.2 Å². The van der Waals surface area contributed by atoms with Gasteiger partial charge in [-0.1, -0.05) is 12.1 Å². The third-order valence-corrected chi connectivity index (χ3v) is 2.37. The predicted octanol–water partition coefficient (Wildman–Crippen LogP) is 1.72. The number of carbonyl (C=O) groups excluding carboxylic acids is 1. The fourth-order valence-electron chi connectivity index (χ4n) is 1.31. The van der Waals surface area contributed by atoms with E-state index < -0.39 is 11.7 Å². The average molecular weight is 245 g/mol. The van der Waals surface area contributed by atoms with Gasteiger partial charge in [0.25, 0.3) is 5.91 Å². The third kappa shape index (κ3) is 3.20. The highest BCUT2D eigenvalue weighted by molar-refractivity contribution is 5.82. The second kappa shape index (κ2) is 4.37. The van der Waals surface area contributed by atoms with E-state index in [2.05, 4.69) is 5.32 Å². The highest BCUT2D eigenvalue weighted by Crippen LogP contribution is 2.29. The molecule has 17 heavy (non-hydrogen) atoms. The van der Waals surface area contributed by atoms with Gasteiger partial charge in [0.05, 0.1) is 12.2 Å². The summed E-state index contributed by atoms with van der Waals surface area (Å²) < 4.78 is 41.5. The zero-order valence-corrected chi connectivity index (χ0v) is 8.75. The number of amides is 1. The Morgan fingerprint density at radius 2 is 1.94 bits per heavy atom. The number of hydrogen-bond acceptors (Lipinski definition) is 2. The minimum atomic E-state index is -4.33. The molecule has 0 radical (unpaired) electrons. The second-order valence-electron chi connectivity index (χ2n) is 3.73. The first-order valence-electron chi connectivity index (χ1n) is 5.02. The van der Waals surface area contributed by atoms with Crippen LogP contribution in [-0.4, -0.2) is 18.6 Å². The van der Waals surface area contributed by atoms with E-state index in [1.807, 2.05) is 0 Å². The number of nitrogens with one attached hydrogen (secondary N) is 1. The van der Waals surface area contributed by atoms with Gasteiger partial charge in [-0.15, -0.1) is 0 Å². The van der Waals surface area contributed by atoms with Crippen LogP contribution in [0.5, 0.6) is 0 Å². The molecule has 3 nitrogen and oxygen atoms in total. The molecule has 1 saturated heterocycles. The standard InChI is InChI=1S/C11H10F3NO2/c12-11(13,14)8-3-1-7(2-4-8)5-15-10(16)9-6-17-9/h1-4,9H,5-6H2,(H,15,16). The fraction of sp³-hybridized carbons (Fsp3) is 0.364. The van der Waals surface area contributed by atoms with Crippen LogP contribution in [0.4, 0.5) is 13.2 Å². The molecule has 1 unspecified atom stereocenters. The van der Waals surface area contributed by atoms with Crippen molar-refractivity contribution in [2.45, 2.75) is 18.8 Å². The summed E-state index contributed by atoms with van der Waals surface area (Å²) in [7, 11) is 0. The van der Waals surface area contributed by atoms with Crippen molar-refractivity contribution in [2.75, 3.05) is 6.61 Å². The van der Waals surface area contributed by atoms with E-state index in [1.165, 1.54) is 12.1 Å². The molecule has 1 aliphatic rings. The van der Waals surface area contributed by atoms with Gasteiger partial charge in [0.1, 0.15) is 0 Å². The zero-order valence-electron chi connectivity index (χ0n) is 8.75. The summed E-state index contributed by atoms with van der Waals surface area (Å²) in [6.07, 6.45) is -4.71. The fourth-order valence-corrected chi connectivity index (χ4v) is 1.31. The van der Waals surface area contributed by atoms with Crippen molar-refractivity contribution in [2.24, 2.45) is 0 Å². The van der Waals surface area contributed by atoms with Crippen LogP contribution in [0.25, 0.3) is 0 Å². The quantitative estimate of drug-likeness (QED) is 0.824. The van der Waals surface area contributed by atoms with Gasteiger partial charge in [-0.3, -0.25) is 4.79 Å². The average Bonchev–Trinajstić information content (AvgIpc) is 3.09. The highest BCUT2D eigenvalue weighted by Gasteiger charge is 2.31. The molecule has 1 aromatic rings. The number of epoxide rings is 1. The smallest absolute Gasteiger partial charge is 0.363 e. The molecule has 0 bridgehead atoms.